The summed E-state index contributed by atoms with van der Waals surface area (Å²) >= 11 is 0. The minimum atomic E-state index is -4.79. The van der Waals surface area contributed by atoms with Crippen LogP contribution in [0.5, 0.6) is 0 Å². The smallest absolute Gasteiger partial charge is 0.361 e. The molecule has 28 heavy (non-hydrogen) atoms. The molecule has 1 aliphatic heterocycles. The van der Waals surface area contributed by atoms with Gasteiger partial charge in [0, 0.05) is 26.2 Å². The van der Waals surface area contributed by atoms with Crippen molar-refractivity contribution in [2.24, 2.45) is 0 Å². The third kappa shape index (κ3) is 3.63. The van der Waals surface area contributed by atoms with E-state index in [1.165, 1.54) is 11.0 Å². The number of alkyl halides is 3. The molecule has 1 aromatic heterocycles. The van der Waals surface area contributed by atoms with Crippen molar-refractivity contribution in [2.45, 2.75) is 24.9 Å². The maximum absolute atomic E-state index is 13.2. The Morgan fingerprint density at radius 1 is 1.11 bits per heavy atom. The summed E-state index contributed by atoms with van der Waals surface area (Å²) in [6, 6.07) is 4.07. The number of amides is 1. The van der Waals surface area contributed by atoms with E-state index in [-0.39, 0.29) is 32.1 Å². The van der Waals surface area contributed by atoms with Crippen LogP contribution in [-0.2, 0) is 16.2 Å². The van der Waals surface area contributed by atoms with Crippen LogP contribution in [0.1, 0.15) is 27.4 Å². The quantitative estimate of drug-likeness (QED) is 0.766. The van der Waals surface area contributed by atoms with Gasteiger partial charge in [-0.05, 0) is 26.0 Å². The van der Waals surface area contributed by atoms with Crippen LogP contribution in [0.3, 0.4) is 0 Å². The number of halogens is 3. The van der Waals surface area contributed by atoms with Gasteiger partial charge < -0.3 is 9.42 Å². The zero-order valence-corrected chi connectivity index (χ0v) is 16.0. The second-order valence-corrected chi connectivity index (χ2v) is 8.30. The first-order valence-corrected chi connectivity index (χ1v) is 9.86. The van der Waals surface area contributed by atoms with Crippen LogP contribution in [0.4, 0.5) is 13.2 Å². The molecular formula is C17H18F3N3O4S. The molecule has 3 rings (SSSR count). The number of hydrogen-bond donors (Lipinski definition) is 0. The molecule has 1 amide bonds. The third-order valence-corrected chi connectivity index (χ3v) is 6.54. The van der Waals surface area contributed by atoms with E-state index in [1.807, 2.05) is 0 Å². The Morgan fingerprint density at radius 2 is 1.71 bits per heavy atom. The monoisotopic (exact) mass is 417 g/mol. The Labute approximate surface area is 159 Å². The predicted molar refractivity (Wildman–Crippen MR) is 92.1 cm³/mol. The second-order valence-electron chi connectivity index (χ2n) is 6.39. The molecule has 0 atom stereocenters. The van der Waals surface area contributed by atoms with Crippen molar-refractivity contribution < 1.29 is 30.9 Å². The van der Waals surface area contributed by atoms with Gasteiger partial charge in [-0.15, -0.1) is 0 Å². The number of aromatic nitrogens is 1. The van der Waals surface area contributed by atoms with Crippen molar-refractivity contribution >= 4 is 15.9 Å². The molecule has 0 bridgehead atoms. The molecule has 7 nitrogen and oxygen atoms in total. The van der Waals surface area contributed by atoms with Gasteiger partial charge in [-0.1, -0.05) is 17.3 Å². The van der Waals surface area contributed by atoms with E-state index < -0.39 is 26.7 Å². The first-order chi connectivity index (χ1) is 13.0. The summed E-state index contributed by atoms with van der Waals surface area (Å²) < 4.78 is 71.1. The summed E-state index contributed by atoms with van der Waals surface area (Å²) in [4.78, 5) is 13.3. The molecule has 0 unspecified atom stereocenters. The standard InChI is InChI=1S/C17H18F3N3O4S/c1-11-15(12(2)27-21-11)16(24)22-7-9-23(10-8-22)28(25,26)14-6-4-3-5-13(14)17(18,19)20/h3-6H,7-10H2,1-2H3. The summed E-state index contributed by atoms with van der Waals surface area (Å²) in [5, 5.41) is 3.72. The molecule has 2 aromatic rings. The first kappa shape index (κ1) is 20.3. The van der Waals surface area contributed by atoms with Crippen molar-refractivity contribution in [3.05, 3.63) is 46.8 Å². The zero-order valence-electron chi connectivity index (χ0n) is 15.2. The molecule has 0 N–H and O–H groups in total. The Hall–Kier alpha value is -2.40. The van der Waals surface area contributed by atoms with Crippen LogP contribution < -0.4 is 0 Å². The molecule has 1 aliphatic rings. The van der Waals surface area contributed by atoms with Gasteiger partial charge in [0.25, 0.3) is 5.91 Å². The minimum Gasteiger partial charge on any atom is -0.361 e. The van der Waals surface area contributed by atoms with E-state index in [4.69, 9.17) is 4.52 Å². The van der Waals surface area contributed by atoms with E-state index in [0.717, 1.165) is 22.5 Å². The lowest BCUT2D eigenvalue weighted by Gasteiger charge is -2.34. The van der Waals surface area contributed by atoms with Crippen molar-refractivity contribution in [3.63, 3.8) is 0 Å². The maximum Gasteiger partial charge on any atom is 0.417 e. The summed E-state index contributed by atoms with van der Waals surface area (Å²) in [7, 11) is -4.35. The molecule has 2 heterocycles. The number of nitrogens with zero attached hydrogens (tertiary/aromatic N) is 3. The van der Waals surface area contributed by atoms with E-state index >= 15 is 0 Å². The minimum absolute atomic E-state index is 0.0519. The number of piperazine rings is 1. The number of rotatable bonds is 3. The van der Waals surface area contributed by atoms with Crippen LogP contribution in [0.15, 0.2) is 33.7 Å². The van der Waals surface area contributed by atoms with Gasteiger partial charge in [-0.2, -0.15) is 17.5 Å². The van der Waals surface area contributed by atoms with Gasteiger partial charge in [-0.3, -0.25) is 4.79 Å². The summed E-state index contributed by atoms with van der Waals surface area (Å²) in [6.07, 6.45) is -4.79. The highest BCUT2D eigenvalue weighted by atomic mass is 32.2. The van der Waals surface area contributed by atoms with Gasteiger partial charge in [0.1, 0.15) is 11.3 Å². The Kier molecular flexibility index (Phi) is 5.24. The number of aryl methyl sites for hydroxylation is 2. The molecule has 0 aliphatic carbocycles. The largest absolute Gasteiger partial charge is 0.417 e. The highest BCUT2D eigenvalue weighted by molar-refractivity contribution is 7.89. The van der Waals surface area contributed by atoms with Crippen LogP contribution >= 0.6 is 0 Å². The molecule has 152 valence electrons. The fourth-order valence-electron chi connectivity index (χ4n) is 3.14. The van der Waals surface area contributed by atoms with E-state index in [2.05, 4.69) is 5.16 Å². The number of hydrogen-bond acceptors (Lipinski definition) is 5. The fraction of sp³-hybridized carbons (Fsp3) is 0.412. The number of carbonyl (C=O) groups excluding carboxylic acids is 1. The average molecular weight is 417 g/mol. The molecule has 0 radical (unpaired) electrons. The first-order valence-electron chi connectivity index (χ1n) is 8.42. The third-order valence-electron chi connectivity index (χ3n) is 4.58. The van der Waals surface area contributed by atoms with Crippen molar-refractivity contribution in [2.75, 3.05) is 26.2 Å². The fourth-order valence-corrected chi connectivity index (χ4v) is 4.78. The topological polar surface area (TPSA) is 83.7 Å². The molecule has 0 spiro atoms. The van der Waals surface area contributed by atoms with Crippen molar-refractivity contribution in [1.82, 2.24) is 14.4 Å². The lowest BCUT2D eigenvalue weighted by molar-refractivity contribution is -0.139. The van der Waals surface area contributed by atoms with E-state index in [0.29, 0.717) is 17.0 Å². The molecule has 1 aromatic carbocycles. The normalized spacial score (nSPS) is 16.4. The van der Waals surface area contributed by atoms with E-state index in [9.17, 15) is 26.4 Å². The SMILES string of the molecule is Cc1noc(C)c1C(=O)N1CCN(S(=O)(=O)c2ccccc2C(F)(F)F)CC1. The maximum atomic E-state index is 13.2. The lowest BCUT2D eigenvalue weighted by atomic mass is 10.1. The number of sulfonamides is 1. The van der Waals surface area contributed by atoms with Crippen LogP contribution in [-0.4, -0.2) is 54.9 Å². The van der Waals surface area contributed by atoms with Gasteiger partial charge in [0.05, 0.1) is 16.2 Å². The molecule has 1 saturated heterocycles. The highest BCUT2D eigenvalue weighted by Gasteiger charge is 2.40. The Balaban J connectivity index is 1.79. The Bertz CT molecular complexity index is 974. The Morgan fingerprint density at radius 3 is 2.25 bits per heavy atom. The van der Waals surface area contributed by atoms with Gasteiger partial charge >= 0.3 is 6.18 Å². The average Bonchev–Trinajstić information content (AvgIpc) is 2.99. The van der Waals surface area contributed by atoms with Gasteiger partial charge in [0.15, 0.2) is 0 Å². The molecule has 11 heteroatoms. The molecular weight excluding hydrogens is 399 g/mol. The van der Waals surface area contributed by atoms with Crippen LogP contribution in [0.2, 0.25) is 0 Å². The van der Waals surface area contributed by atoms with Crippen LogP contribution in [0, 0.1) is 13.8 Å². The van der Waals surface area contributed by atoms with Crippen molar-refractivity contribution in [1.29, 1.82) is 0 Å². The molecule has 0 saturated carbocycles. The summed E-state index contributed by atoms with van der Waals surface area (Å²) in [6.45, 7) is 3.11. The zero-order chi connectivity index (χ0) is 20.7. The van der Waals surface area contributed by atoms with Gasteiger partial charge in [0.2, 0.25) is 10.0 Å². The van der Waals surface area contributed by atoms with Gasteiger partial charge in [-0.25, -0.2) is 8.42 Å². The number of carbonyl (C=O) groups is 1. The molecule has 1 fully saturated rings. The lowest BCUT2D eigenvalue weighted by Crippen LogP contribution is -2.50. The summed E-state index contributed by atoms with van der Waals surface area (Å²) in [5.74, 6) is 0.0145. The number of benzene rings is 1. The predicted octanol–water partition coefficient (Wildman–Crippen LogP) is 2.46. The van der Waals surface area contributed by atoms with Crippen molar-refractivity contribution in [3.8, 4) is 0 Å². The second kappa shape index (κ2) is 7.21. The highest BCUT2D eigenvalue weighted by Crippen LogP contribution is 2.35. The van der Waals surface area contributed by atoms with Crippen LogP contribution in [0.25, 0.3) is 0 Å². The summed E-state index contributed by atoms with van der Waals surface area (Å²) in [5.41, 5.74) is -0.459. The van der Waals surface area contributed by atoms with E-state index in [1.54, 1.807) is 13.8 Å².